The van der Waals surface area contributed by atoms with Gasteiger partial charge in [0.15, 0.2) is 5.11 Å². The van der Waals surface area contributed by atoms with Crippen molar-refractivity contribution in [3.05, 3.63) is 60.4 Å². The number of morpholine rings is 1. The standard InChI is InChI=1S/C21H29N4OPS/c1-21(2,3)27(19-9-5-4-6-10-19,25-12-14-26-15-13-25)24-20(28)23-17-18-8-7-11-22-16-18/h4-11,16H,12-15,17H2,1-3H3,(H,23,28). The van der Waals surface area contributed by atoms with Gasteiger partial charge in [0.2, 0.25) is 0 Å². The Balaban J connectivity index is 2.01. The normalized spacial score (nSPS) is 17.5. The second-order valence-electron chi connectivity index (χ2n) is 7.79. The molecule has 1 unspecified atom stereocenters. The molecule has 1 aliphatic rings. The van der Waals surface area contributed by atoms with Crippen molar-refractivity contribution in [3.63, 3.8) is 0 Å². The molecule has 0 amide bonds. The van der Waals surface area contributed by atoms with E-state index in [1.54, 1.807) is 6.20 Å². The van der Waals surface area contributed by atoms with Gasteiger partial charge in [-0.3, -0.25) is 9.65 Å². The van der Waals surface area contributed by atoms with E-state index in [1.807, 2.05) is 18.3 Å². The summed E-state index contributed by atoms with van der Waals surface area (Å²) in [6.07, 6.45) is 3.62. The molecule has 3 rings (SSSR count). The van der Waals surface area contributed by atoms with Crippen LogP contribution in [0.4, 0.5) is 0 Å². The monoisotopic (exact) mass is 416 g/mol. The fourth-order valence-electron chi connectivity index (χ4n) is 3.57. The lowest BCUT2D eigenvalue weighted by atomic mass is 10.3. The van der Waals surface area contributed by atoms with Gasteiger partial charge in [-0.1, -0.05) is 57.2 Å². The Hall–Kier alpha value is -1.59. The highest BCUT2D eigenvalue weighted by molar-refractivity contribution is 7.81. The maximum Gasteiger partial charge on any atom is 0.193 e. The third kappa shape index (κ3) is 4.69. The zero-order chi connectivity index (χ0) is 20.0. The highest BCUT2D eigenvalue weighted by Gasteiger charge is 2.41. The van der Waals surface area contributed by atoms with Crippen LogP contribution in [0.3, 0.4) is 0 Å². The first kappa shape index (κ1) is 21.1. The van der Waals surface area contributed by atoms with Crippen LogP contribution >= 0.6 is 19.4 Å². The van der Waals surface area contributed by atoms with E-state index in [4.69, 9.17) is 21.7 Å². The molecule has 0 saturated carbocycles. The van der Waals surface area contributed by atoms with Gasteiger partial charge in [-0.25, -0.2) is 4.74 Å². The number of nitrogens with one attached hydrogen (secondary N) is 1. The molecular formula is C21H29N4OPS. The van der Waals surface area contributed by atoms with Crippen LogP contribution in [0, 0.1) is 0 Å². The summed E-state index contributed by atoms with van der Waals surface area (Å²) < 4.78 is 13.4. The molecule has 1 aromatic carbocycles. The lowest BCUT2D eigenvalue weighted by molar-refractivity contribution is 0.0738. The van der Waals surface area contributed by atoms with Gasteiger partial charge in [-0.05, 0) is 23.8 Å². The molecule has 0 spiro atoms. The summed E-state index contributed by atoms with van der Waals surface area (Å²) >= 11 is 5.71. The van der Waals surface area contributed by atoms with Crippen molar-refractivity contribution in [1.82, 2.24) is 15.0 Å². The number of aromatic nitrogens is 1. The summed E-state index contributed by atoms with van der Waals surface area (Å²) in [6, 6.07) is 14.6. The van der Waals surface area contributed by atoms with Crippen molar-refractivity contribution >= 4 is 29.8 Å². The van der Waals surface area contributed by atoms with Crippen molar-refractivity contribution in [2.45, 2.75) is 32.5 Å². The topological polar surface area (TPSA) is 49.8 Å². The van der Waals surface area contributed by atoms with Crippen molar-refractivity contribution in [1.29, 1.82) is 0 Å². The lowest BCUT2D eigenvalue weighted by Gasteiger charge is -2.46. The molecule has 0 radical (unpaired) electrons. The average Bonchev–Trinajstić information content (AvgIpc) is 2.71. The highest BCUT2D eigenvalue weighted by atomic mass is 32.1. The van der Waals surface area contributed by atoms with Gasteiger partial charge in [-0.15, -0.1) is 0 Å². The predicted molar refractivity (Wildman–Crippen MR) is 121 cm³/mol. The summed E-state index contributed by atoms with van der Waals surface area (Å²) in [4.78, 5) is 4.17. The summed E-state index contributed by atoms with van der Waals surface area (Å²) in [5.41, 5.74) is 1.09. The first-order valence-electron chi connectivity index (χ1n) is 9.61. The molecule has 28 heavy (non-hydrogen) atoms. The second-order valence-corrected chi connectivity index (χ2v) is 12.0. The van der Waals surface area contributed by atoms with Crippen LogP contribution in [0.15, 0.2) is 59.6 Å². The van der Waals surface area contributed by atoms with Gasteiger partial charge in [-0.2, -0.15) is 0 Å². The Morgan fingerprint density at radius 2 is 1.89 bits per heavy atom. The van der Waals surface area contributed by atoms with E-state index in [0.717, 1.165) is 31.9 Å². The molecule has 1 aromatic heterocycles. The van der Waals surface area contributed by atoms with E-state index in [-0.39, 0.29) is 5.16 Å². The minimum atomic E-state index is -2.13. The third-order valence-electron chi connectivity index (χ3n) is 4.85. The van der Waals surface area contributed by atoms with Crippen molar-refractivity contribution in [3.8, 4) is 0 Å². The lowest BCUT2D eigenvalue weighted by Crippen LogP contribution is -2.43. The number of nitrogens with zero attached hydrogens (tertiary/aromatic N) is 3. The van der Waals surface area contributed by atoms with Crippen LogP contribution in [0.2, 0.25) is 0 Å². The Morgan fingerprint density at radius 1 is 1.18 bits per heavy atom. The number of hydrogen-bond acceptors (Lipinski definition) is 3. The first-order chi connectivity index (χ1) is 13.4. The number of rotatable bonds is 4. The Kier molecular flexibility index (Phi) is 7.00. The van der Waals surface area contributed by atoms with E-state index < -0.39 is 7.21 Å². The van der Waals surface area contributed by atoms with Gasteiger partial charge < -0.3 is 10.1 Å². The van der Waals surface area contributed by atoms with E-state index in [0.29, 0.717) is 11.7 Å². The average molecular weight is 417 g/mol. The SMILES string of the molecule is CC(C)(C)P(=NC(=S)NCc1cccnc1)(c1ccccc1)N1CCOCC1. The minimum Gasteiger partial charge on any atom is -0.379 e. The largest absolute Gasteiger partial charge is 0.379 e. The first-order valence-corrected chi connectivity index (χ1v) is 11.7. The molecule has 2 heterocycles. The Bertz CT molecular complexity index is 830. The van der Waals surface area contributed by atoms with E-state index in [2.05, 4.69) is 66.1 Å². The summed E-state index contributed by atoms with van der Waals surface area (Å²) in [7, 11) is -2.13. The van der Waals surface area contributed by atoms with Gasteiger partial charge in [0.05, 0.1) is 20.4 Å². The van der Waals surface area contributed by atoms with Gasteiger partial charge >= 0.3 is 0 Å². The molecule has 0 aliphatic carbocycles. The summed E-state index contributed by atoms with van der Waals surface area (Å²) in [5.74, 6) is 0. The Morgan fingerprint density at radius 3 is 2.50 bits per heavy atom. The summed E-state index contributed by atoms with van der Waals surface area (Å²) in [6.45, 7) is 10.6. The maximum atomic E-state index is 5.71. The third-order valence-corrected chi connectivity index (χ3v) is 9.82. The molecular weight excluding hydrogens is 387 g/mol. The number of benzene rings is 1. The molecule has 0 bridgehead atoms. The molecule has 2 aromatic rings. The number of thiocarbonyl (C=S) groups is 1. The molecule has 5 nitrogen and oxygen atoms in total. The highest BCUT2D eigenvalue weighted by Crippen LogP contribution is 2.62. The van der Waals surface area contributed by atoms with Crippen LogP contribution in [0.5, 0.6) is 0 Å². The quantitative estimate of drug-likeness (QED) is 0.602. The number of pyridine rings is 1. The van der Waals surface area contributed by atoms with Crippen molar-refractivity contribution < 1.29 is 4.74 Å². The molecule has 1 fully saturated rings. The Labute approximate surface area is 173 Å². The van der Waals surface area contributed by atoms with Crippen LogP contribution in [-0.4, -0.2) is 46.2 Å². The maximum absolute atomic E-state index is 5.71. The van der Waals surface area contributed by atoms with Crippen LogP contribution in [0.25, 0.3) is 0 Å². The molecule has 7 heteroatoms. The summed E-state index contributed by atoms with van der Waals surface area (Å²) in [5, 5.41) is 5.08. The molecule has 1 atom stereocenters. The van der Waals surface area contributed by atoms with Crippen molar-refractivity contribution in [2.75, 3.05) is 26.3 Å². The van der Waals surface area contributed by atoms with E-state index >= 15 is 0 Å². The zero-order valence-electron chi connectivity index (χ0n) is 16.8. The molecule has 1 aliphatic heterocycles. The molecule has 1 N–H and O–H groups in total. The van der Waals surface area contributed by atoms with E-state index in [9.17, 15) is 0 Å². The second kappa shape index (κ2) is 9.27. The van der Waals surface area contributed by atoms with Crippen molar-refractivity contribution in [2.24, 2.45) is 4.74 Å². The van der Waals surface area contributed by atoms with Crippen LogP contribution in [0.1, 0.15) is 26.3 Å². The van der Waals surface area contributed by atoms with E-state index in [1.165, 1.54) is 5.30 Å². The predicted octanol–water partition coefficient (Wildman–Crippen LogP) is 4.03. The van der Waals surface area contributed by atoms with Crippen LogP contribution in [-0.2, 0) is 11.3 Å². The fourth-order valence-corrected chi connectivity index (χ4v) is 8.15. The molecule has 1 saturated heterocycles. The van der Waals surface area contributed by atoms with Gasteiger partial charge in [0.25, 0.3) is 0 Å². The minimum absolute atomic E-state index is 0.0638. The van der Waals surface area contributed by atoms with Gasteiger partial charge in [0, 0.05) is 42.5 Å². The van der Waals surface area contributed by atoms with Crippen LogP contribution < -0.4 is 10.6 Å². The number of hydrogen-bond donors (Lipinski definition) is 1. The smallest absolute Gasteiger partial charge is 0.193 e. The zero-order valence-corrected chi connectivity index (χ0v) is 18.5. The molecule has 150 valence electrons. The van der Waals surface area contributed by atoms with Gasteiger partial charge in [0.1, 0.15) is 0 Å². The fraction of sp³-hybridized carbons (Fsp3) is 0.429. The number of ether oxygens (including phenoxy) is 1.